The van der Waals surface area contributed by atoms with Crippen molar-refractivity contribution in [1.29, 1.82) is 0 Å². The monoisotopic (exact) mass is 393 g/mol. The van der Waals surface area contributed by atoms with Gasteiger partial charge < -0.3 is 20.5 Å². The lowest BCUT2D eigenvalue weighted by molar-refractivity contribution is 0.187. The molecule has 152 valence electrons. The normalized spacial score (nSPS) is 14.8. The van der Waals surface area contributed by atoms with Gasteiger partial charge in [0.1, 0.15) is 5.82 Å². The number of fused-ring (bicyclic) bond motifs is 1. The molecule has 29 heavy (non-hydrogen) atoms. The Hall–Kier alpha value is -2.86. The number of aryl methyl sites for hydroxylation is 1. The van der Waals surface area contributed by atoms with Gasteiger partial charge in [0.05, 0.1) is 23.2 Å². The van der Waals surface area contributed by atoms with Crippen LogP contribution >= 0.6 is 0 Å². The SMILES string of the molecule is C=C(NCc1ccc2[nH]cnc2c1)N(Cc1ccc(F)cc1C)C1CCNCC1. The molecule has 0 bridgehead atoms. The Bertz CT molecular complexity index is 990. The lowest BCUT2D eigenvalue weighted by Gasteiger charge is -2.38. The number of aromatic nitrogens is 2. The van der Waals surface area contributed by atoms with Gasteiger partial charge in [0.15, 0.2) is 0 Å². The largest absolute Gasteiger partial charge is 0.368 e. The minimum Gasteiger partial charge on any atom is -0.368 e. The van der Waals surface area contributed by atoms with Gasteiger partial charge in [0.2, 0.25) is 0 Å². The highest BCUT2D eigenvalue weighted by molar-refractivity contribution is 5.75. The van der Waals surface area contributed by atoms with Gasteiger partial charge in [-0.15, -0.1) is 0 Å². The number of rotatable bonds is 7. The van der Waals surface area contributed by atoms with Gasteiger partial charge >= 0.3 is 0 Å². The zero-order valence-electron chi connectivity index (χ0n) is 16.8. The van der Waals surface area contributed by atoms with Crippen molar-refractivity contribution in [3.8, 4) is 0 Å². The molecule has 1 saturated heterocycles. The third-order valence-corrected chi connectivity index (χ3v) is 5.72. The maximum Gasteiger partial charge on any atom is 0.123 e. The summed E-state index contributed by atoms with van der Waals surface area (Å²) in [6.45, 7) is 9.73. The number of nitrogens with one attached hydrogen (secondary N) is 3. The molecule has 0 spiro atoms. The van der Waals surface area contributed by atoms with E-state index >= 15 is 0 Å². The Kier molecular flexibility index (Phi) is 5.81. The molecule has 2 aromatic carbocycles. The van der Waals surface area contributed by atoms with Crippen molar-refractivity contribution in [1.82, 2.24) is 25.5 Å². The summed E-state index contributed by atoms with van der Waals surface area (Å²) in [4.78, 5) is 9.79. The van der Waals surface area contributed by atoms with Crippen molar-refractivity contribution in [3.05, 3.63) is 77.6 Å². The summed E-state index contributed by atoms with van der Waals surface area (Å²) < 4.78 is 13.5. The van der Waals surface area contributed by atoms with Crippen molar-refractivity contribution in [2.24, 2.45) is 0 Å². The average Bonchev–Trinajstić information content (AvgIpc) is 3.20. The summed E-state index contributed by atoms with van der Waals surface area (Å²) in [6, 6.07) is 11.7. The number of hydrogen-bond acceptors (Lipinski definition) is 4. The zero-order chi connectivity index (χ0) is 20.2. The van der Waals surface area contributed by atoms with Crippen LogP contribution in [-0.2, 0) is 13.1 Å². The molecule has 0 atom stereocenters. The molecule has 0 saturated carbocycles. The minimum absolute atomic E-state index is 0.189. The molecule has 1 fully saturated rings. The first-order chi connectivity index (χ1) is 14.1. The van der Waals surface area contributed by atoms with Crippen LogP contribution in [0.15, 0.2) is 55.1 Å². The van der Waals surface area contributed by atoms with Gasteiger partial charge in [-0.2, -0.15) is 0 Å². The highest BCUT2D eigenvalue weighted by atomic mass is 19.1. The predicted molar refractivity (Wildman–Crippen MR) is 115 cm³/mol. The van der Waals surface area contributed by atoms with E-state index in [2.05, 4.69) is 50.3 Å². The molecule has 1 aliphatic rings. The van der Waals surface area contributed by atoms with Gasteiger partial charge in [-0.25, -0.2) is 9.37 Å². The Balaban J connectivity index is 1.48. The number of hydrogen-bond donors (Lipinski definition) is 3. The van der Waals surface area contributed by atoms with Crippen LogP contribution in [0.1, 0.15) is 29.5 Å². The molecular weight excluding hydrogens is 365 g/mol. The lowest BCUT2D eigenvalue weighted by atomic mass is 10.0. The van der Waals surface area contributed by atoms with Gasteiger partial charge in [0, 0.05) is 19.1 Å². The molecule has 0 radical (unpaired) electrons. The quantitative estimate of drug-likeness (QED) is 0.571. The Morgan fingerprint density at radius 3 is 2.86 bits per heavy atom. The topological polar surface area (TPSA) is 56.0 Å². The summed E-state index contributed by atoms with van der Waals surface area (Å²) in [5.41, 5.74) is 5.27. The fourth-order valence-corrected chi connectivity index (χ4v) is 3.98. The van der Waals surface area contributed by atoms with Crippen molar-refractivity contribution >= 4 is 11.0 Å². The van der Waals surface area contributed by atoms with Crippen molar-refractivity contribution < 1.29 is 4.39 Å². The maximum absolute atomic E-state index is 13.5. The predicted octanol–water partition coefficient (Wildman–Crippen LogP) is 3.83. The number of nitrogens with zero attached hydrogens (tertiary/aromatic N) is 2. The van der Waals surface area contributed by atoms with Crippen LogP contribution in [0.3, 0.4) is 0 Å². The van der Waals surface area contributed by atoms with E-state index in [1.807, 2.05) is 13.0 Å². The Labute approximate surface area is 171 Å². The molecule has 0 amide bonds. The minimum atomic E-state index is -0.189. The second-order valence-corrected chi connectivity index (χ2v) is 7.73. The van der Waals surface area contributed by atoms with Crippen molar-refractivity contribution in [2.75, 3.05) is 13.1 Å². The van der Waals surface area contributed by atoms with Gasteiger partial charge in [-0.3, -0.25) is 0 Å². The summed E-state index contributed by atoms with van der Waals surface area (Å²) in [7, 11) is 0. The number of halogens is 1. The van der Waals surface area contributed by atoms with E-state index in [1.165, 1.54) is 6.07 Å². The van der Waals surface area contributed by atoms with E-state index < -0.39 is 0 Å². The van der Waals surface area contributed by atoms with E-state index in [0.29, 0.717) is 12.6 Å². The van der Waals surface area contributed by atoms with E-state index in [-0.39, 0.29) is 5.82 Å². The molecule has 6 heteroatoms. The molecule has 2 heterocycles. The Morgan fingerprint density at radius 2 is 2.07 bits per heavy atom. The van der Waals surface area contributed by atoms with Gasteiger partial charge in [-0.05, 0) is 73.8 Å². The van der Waals surface area contributed by atoms with Crippen molar-refractivity contribution in [2.45, 2.75) is 38.9 Å². The number of aromatic amines is 1. The molecule has 1 aliphatic heterocycles. The van der Waals surface area contributed by atoms with Crippen LogP contribution in [-0.4, -0.2) is 34.0 Å². The van der Waals surface area contributed by atoms with E-state index in [4.69, 9.17) is 0 Å². The van der Waals surface area contributed by atoms with E-state index in [0.717, 1.165) is 66.0 Å². The molecular formula is C23H28FN5. The molecule has 3 N–H and O–H groups in total. The summed E-state index contributed by atoms with van der Waals surface area (Å²) in [6.07, 6.45) is 3.85. The van der Waals surface area contributed by atoms with Gasteiger partial charge in [-0.1, -0.05) is 18.7 Å². The fourth-order valence-electron chi connectivity index (χ4n) is 3.98. The summed E-state index contributed by atoms with van der Waals surface area (Å²) in [5.74, 6) is 0.716. The van der Waals surface area contributed by atoms with E-state index in [9.17, 15) is 4.39 Å². The van der Waals surface area contributed by atoms with Crippen LogP contribution in [0.5, 0.6) is 0 Å². The first-order valence-corrected chi connectivity index (χ1v) is 10.2. The fraction of sp³-hybridized carbons (Fsp3) is 0.348. The highest BCUT2D eigenvalue weighted by Crippen LogP contribution is 2.22. The maximum atomic E-state index is 13.5. The number of benzene rings is 2. The molecule has 1 aromatic heterocycles. The first-order valence-electron chi connectivity index (χ1n) is 10.2. The average molecular weight is 394 g/mol. The molecule has 4 rings (SSSR count). The zero-order valence-corrected chi connectivity index (χ0v) is 16.8. The molecule has 0 aliphatic carbocycles. The second kappa shape index (κ2) is 8.66. The number of imidazole rings is 1. The lowest BCUT2D eigenvalue weighted by Crippen LogP contribution is -2.44. The third kappa shape index (κ3) is 4.59. The summed E-state index contributed by atoms with van der Waals surface area (Å²) >= 11 is 0. The highest BCUT2D eigenvalue weighted by Gasteiger charge is 2.23. The summed E-state index contributed by atoms with van der Waals surface area (Å²) in [5, 5.41) is 6.93. The molecule has 0 unspecified atom stereocenters. The second-order valence-electron chi connectivity index (χ2n) is 7.73. The standard InChI is InChI=1S/C23H28FN5/c1-16-11-20(24)5-4-19(16)14-29(21-7-9-25-10-8-21)17(2)26-13-18-3-6-22-23(12-18)28-15-27-22/h3-6,11-12,15,21,25-26H,2,7-10,13-14H2,1H3,(H,27,28). The smallest absolute Gasteiger partial charge is 0.123 e. The first kappa shape index (κ1) is 19.5. The van der Waals surface area contributed by atoms with Crippen LogP contribution in [0.2, 0.25) is 0 Å². The van der Waals surface area contributed by atoms with Crippen LogP contribution in [0.4, 0.5) is 4.39 Å². The van der Waals surface area contributed by atoms with Crippen LogP contribution < -0.4 is 10.6 Å². The van der Waals surface area contributed by atoms with E-state index in [1.54, 1.807) is 12.4 Å². The molecule has 3 aromatic rings. The third-order valence-electron chi connectivity index (χ3n) is 5.72. The Morgan fingerprint density at radius 1 is 1.24 bits per heavy atom. The number of piperidine rings is 1. The molecule has 5 nitrogen and oxygen atoms in total. The van der Waals surface area contributed by atoms with Gasteiger partial charge in [0.25, 0.3) is 0 Å². The van der Waals surface area contributed by atoms with Crippen molar-refractivity contribution in [3.63, 3.8) is 0 Å². The van der Waals surface area contributed by atoms with Crippen LogP contribution in [0, 0.1) is 12.7 Å². The van der Waals surface area contributed by atoms with Crippen LogP contribution in [0.25, 0.3) is 11.0 Å². The number of H-pyrrole nitrogens is 1.